The molecule has 22 heavy (non-hydrogen) atoms. The monoisotopic (exact) mass is 320 g/mol. The van der Waals surface area contributed by atoms with E-state index in [1.807, 2.05) is 0 Å². The maximum atomic E-state index is 11.8. The van der Waals surface area contributed by atoms with E-state index in [2.05, 4.69) is 15.5 Å². The molecule has 0 unspecified atom stereocenters. The van der Waals surface area contributed by atoms with Crippen molar-refractivity contribution in [3.8, 4) is 0 Å². The molecule has 0 saturated heterocycles. The van der Waals surface area contributed by atoms with E-state index >= 15 is 0 Å². The Morgan fingerprint density at radius 2 is 2.23 bits per heavy atom. The van der Waals surface area contributed by atoms with E-state index in [1.54, 1.807) is 18.2 Å². The molecule has 9 heteroatoms. The van der Waals surface area contributed by atoms with Gasteiger partial charge >= 0.3 is 0 Å². The molecule has 2 aromatic rings. The lowest BCUT2D eigenvalue weighted by molar-refractivity contribution is -0.385. The van der Waals surface area contributed by atoms with Crippen LogP contribution in [0.3, 0.4) is 0 Å². The number of nitro benzene ring substituents is 1. The molecule has 0 atom stereocenters. The van der Waals surface area contributed by atoms with Gasteiger partial charge in [0.2, 0.25) is 11.0 Å². The van der Waals surface area contributed by atoms with E-state index in [0.29, 0.717) is 22.3 Å². The van der Waals surface area contributed by atoms with Crippen LogP contribution in [0.25, 0.3) is 6.08 Å². The van der Waals surface area contributed by atoms with Crippen molar-refractivity contribution < 1.29 is 14.5 Å². The second-order valence-electron chi connectivity index (χ2n) is 4.07. The molecule has 1 aromatic carbocycles. The predicted molar refractivity (Wildman–Crippen MR) is 81.4 cm³/mol. The molecular formula is C13H12N4O4S. The van der Waals surface area contributed by atoms with Gasteiger partial charge in [-0.2, -0.15) is 0 Å². The molecular weight excluding hydrogens is 308 g/mol. The SMILES string of the molecule is COCc1nnc(NC(=O)C=Cc2ccccc2[N+](=O)[O-])s1. The summed E-state index contributed by atoms with van der Waals surface area (Å²) in [5, 5.41) is 22.0. The van der Waals surface area contributed by atoms with Gasteiger partial charge in [-0.1, -0.05) is 23.5 Å². The fourth-order valence-corrected chi connectivity index (χ4v) is 2.31. The molecule has 0 aliphatic carbocycles. The average Bonchev–Trinajstić information content (AvgIpc) is 2.93. The van der Waals surface area contributed by atoms with Gasteiger partial charge in [0.1, 0.15) is 11.6 Å². The predicted octanol–water partition coefficient (Wildman–Crippen LogP) is 2.24. The lowest BCUT2D eigenvalue weighted by Gasteiger charge is -1.97. The minimum absolute atomic E-state index is 0.0650. The third kappa shape index (κ3) is 4.17. The van der Waals surface area contributed by atoms with Gasteiger partial charge in [-0.25, -0.2) is 0 Å². The molecule has 1 N–H and O–H groups in total. The summed E-state index contributed by atoms with van der Waals surface area (Å²) >= 11 is 1.19. The first-order valence-corrected chi connectivity index (χ1v) is 6.95. The zero-order valence-electron chi connectivity index (χ0n) is 11.6. The quantitative estimate of drug-likeness (QED) is 0.497. The molecule has 0 aliphatic heterocycles. The Morgan fingerprint density at radius 3 is 2.95 bits per heavy atom. The smallest absolute Gasteiger partial charge is 0.276 e. The summed E-state index contributed by atoms with van der Waals surface area (Å²) in [5.74, 6) is -0.446. The van der Waals surface area contributed by atoms with E-state index in [0.717, 1.165) is 0 Å². The standard InChI is InChI=1S/C13H12N4O4S/c1-21-8-12-15-16-13(22-12)14-11(18)7-6-9-4-2-3-5-10(9)17(19)20/h2-7H,8H2,1H3,(H,14,16,18). The molecule has 0 fully saturated rings. The van der Waals surface area contributed by atoms with Crippen LogP contribution in [0.4, 0.5) is 10.8 Å². The number of carbonyl (C=O) groups is 1. The van der Waals surface area contributed by atoms with Gasteiger partial charge in [-0.15, -0.1) is 10.2 Å². The summed E-state index contributed by atoms with van der Waals surface area (Å²) in [5.41, 5.74) is 0.282. The number of anilines is 1. The number of nitrogens with zero attached hydrogens (tertiary/aromatic N) is 3. The second-order valence-corrected chi connectivity index (χ2v) is 5.13. The van der Waals surface area contributed by atoms with Gasteiger partial charge in [0.05, 0.1) is 10.5 Å². The molecule has 0 spiro atoms. The zero-order valence-corrected chi connectivity index (χ0v) is 12.4. The number of rotatable bonds is 6. The summed E-state index contributed by atoms with van der Waals surface area (Å²) in [6, 6.07) is 6.16. The van der Waals surface area contributed by atoms with E-state index in [-0.39, 0.29) is 5.69 Å². The maximum absolute atomic E-state index is 11.8. The Labute approximate surface area is 129 Å². The van der Waals surface area contributed by atoms with Crippen LogP contribution in [-0.4, -0.2) is 28.1 Å². The van der Waals surface area contributed by atoms with E-state index in [4.69, 9.17) is 4.74 Å². The van der Waals surface area contributed by atoms with Gasteiger partial charge in [0.25, 0.3) is 5.69 Å². The molecule has 0 radical (unpaired) electrons. The van der Waals surface area contributed by atoms with Crippen molar-refractivity contribution in [3.63, 3.8) is 0 Å². The number of aromatic nitrogens is 2. The molecule has 0 aliphatic rings. The Balaban J connectivity index is 2.03. The fourth-order valence-electron chi connectivity index (χ4n) is 1.59. The number of para-hydroxylation sites is 1. The summed E-state index contributed by atoms with van der Waals surface area (Å²) < 4.78 is 4.90. The van der Waals surface area contributed by atoms with Crippen LogP contribution in [0.15, 0.2) is 30.3 Å². The Kier molecular flexibility index (Phi) is 5.28. The summed E-state index contributed by atoms with van der Waals surface area (Å²) in [6.45, 7) is 0.319. The van der Waals surface area contributed by atoms with Gasteiger partial charge in [-0.05, 0) is 12.1 Å². The summed E-state index contributed by atoms with van der Waals surface area (Å²) in [4.78, 5) is 22.1. The summed E-state index contributed by atoms with van der Waals surface area (Å²) in [6.07, 6.45) is 2.59. The largest absolute Gasteiger partial charge is 0.377 e. The number of carbonyl (C=O) groups excluding carboxylic acids is 1. The van der Waals surface area contributed by atoms with Crippen molar-refractivity contribution in [1.29, 1.82) is 0 Å². The van der Waals surface area contributed by atoms with Crippen LogP contribution in [0, 0.1) is 10.1 Å². The normalized spacial score (nSPS) is 10.8. The van der Waals surface area contributed by atoms with Gasteiger partial charge in [0.15, 0.2) is 0 Å². The first-order valence-electron chi connectivity index (χ1n) is 6.14. The average molecular weight is 320 g/mol. The molecule has 0 bridgehead atoms. The number of nitrogens with one attached hydrogen (secondary N) is 1. The number of ether oxygens (including phenoxy) is 1. The number of benzene rings is 1. The van der Waals surface area contributed by atoms with E-state index < -0.39 is 10.8 Å². The van der Waals surface area contributed by atoms with Crippen LogP contribution in [-0.2, 0) is 16.1 Å². The lowest BCUT2D eigenvalue weighted by Crippen LogP contribution is -2.07. The van der Waals surface area contributed by atoms with Gasteiger partial charge < -0.3 is 4.74 Å². The van der Waals surface area contributed by atoms with Crippen LogP contribution < -0.4 is 5.32 Å². The molecule has 1 amide bonds. The van der Waals surface area contributed by atoms with Crippen molar-refractivity contribution in [1.82, 2.24) is 10.2 Å². The number of nitro groups is 1. The van der Waals surface area contributed by atoms with Crippen LogP contribution in [0.1, 0.15) is 10.6 Å². The third-order valence-corrected chi connectivity index (χ3v) is 3.32. The lowest BCUT2D eigenvalue weighted by atomic mass is 10.1. The zero-order chi connectivity index (χ0) is 15.9. The molecule has 8 nitrogen and oxygen atoms in total. The molecule has 1 heterocycles. The Morgan fingerprint density at radius 1 is 1.45 bits per heavy atom. The van der Waals surface area contributed by atoms with Crippen LogP contribution in [0.2, 0.25) is 0 Å². The maximum Gasteiger partial charge on any atom is 0.276 e. The van der Waals surface area contributed by atoms with Gasteiger partial charge in [0, 0.05) is 19.3 Å². The van der Waals surface area contributed by atoms with E-state index in [1.165, 1.54) is 36.7 Å². The second kappa shape index (κ2) is 7.38. The first kappa shape index (κ1) is 15.7. The summed E-state index contributed by atoms with van der Waals surface area (Å²) in [7, 11) is 1.54. The molecule has 114 valence electrons. The van der Waals surface area contributed by atoms with Crippen molar-refractivity contribution in [2.45, 2.75) is 6.61 Å². The Hall–Kier alpha value is -2.65. The van der Waals surface area contributed by atoms with Crippen LogP contribution >= 0.6 is 11.3 Å². The first-order chi connectivity index (χ1) is 10.6. The highest BCUT2D eigenvalue weighted by Gasteiger charge is 2.10. The number of hydrogen-bond acceptors (Lipinski definition) is 7. The third-order valence-electron chi connectivity index (χ3n) is 2.51. The van der Waals surface area contributed by atoms with E-state index in [9.17, 15) is 14.9 Å². The van der Waals surface area contributed by atoms with Crippen molar-refractivity contribution in [2.24, 2.45) is 0 Å². The highest BCUT2D eigenvalue weighted by molar-refractivity contribution is 7.15. The van der Waals surface area contributed by atoms with Gasteiger partial charge in [-0.3, -0.25) is 20.2 Å². The highest BCUT2D eigenvalue weighted by Crippen LogP contribution is 2.19. The van der Waals surface area contributed by atoms with Crippen molar-refractivity contribution in [2.75, 3.05) is 12.4 Å². The number of amides is 1. The topological polar surface area (TPSA) is 107 Å². The number of methoxy groups -OCH3 is 1. The highest BCUT2D eigenvalue weighted by atomic mass is 32.1. The molecule has 0 saturated carbocycles. The van der Waals surface area contributed by atoms with Crippen LogP contribution in [0.5, 0.6) is 0 Å². The van der Waals surface area contributed by atoms with Crippen molar-refractivity contribution in [3.05, 3.63) is 51.0 Å². The Bertz CT molecular complexity index is 714. The molecule has 1 aromatic heterocycles. The minimum Gasteiger partial charge on any atom is -0.377 e. The number of hydrogen-bond donors (Lipinski definition) is 1. The minimum atomic E-state index is -0.501. The molecule has 2 rings (SSSR count). The fraction of sp³-hybridized carbons (Fsp3) is 0.154. The van der Waals surface area contributed by atoms with Crippen molar-refractivity contribution >= 4 is 34.1 Å².